The molecule has 2 aromatic carbocycles. The summed E-state index contributed by atoms with van der Waals surface area (Å²) in [5.74, 6) is -1.06. The van der Waals surface area contributed by atoms with Gasteiger partial charge in [-0.1, -0.05) is 27.5 Å². The molecule has 2 aromatic rings. The SMILES string of the molecule is CC(C)(C)N(NC(=O)c1ccc(Br)cc1)C(=O)NC(=O)c1ccc(Cl)cc1. The zero-order valence-electron chi connectivity index (χ0n) is 15.0. The lowest BCUT2D eigenvalue weighted by atomic mass is 10.1. The average Bonchev–Trinajstić information content (AvgIpc) is 2.59. The van der Waals surface area contributed by atoms with Gasteiger partial charge in [-0.25, -0.2) is 9.80 Å². The van der Waals surface area contributed by atoms with Crippen molar-refractivity contribution in [3.05, 3.63) is 69.2 Å². The summed E-state index contributed by atoms with van der Waals surface area (Å²) < 4.78 is 0.832. The Morgan fingerprint density at radius 2 is 1.37 bits per heavy atom. The molecule has 0 saturated heterocycles. The molecule has 27 heavy (non-hydrogen) atoms. The number of imide groups is 1. The van der Waals surface area contributed by atoms with Crippen molar-refractivity contribution in [3.63, 3.8) is 0 Å². The van der Waals surface area contributed by atoms with E-state index in [0.29, 0.717) is 10.6 Å². The number of nitrogens with one attached hydrogen (secondary N) is 2. The molecule has 0 unspecified atom stereocenters. The molecule has 142 valence electrons. The van der Waals surface area contributed by atoms with Crippen molar-refractivity contribution >= 4 is 45.4 Å². The summed E-state index contributed by atoms with van der Waals surface area (Å²) >= 11 is 9.10. The van der Waals surface area contributed by atoms with E-state index in [1.807, 2.05) is 0 Å². The van der Waals surface area contributed by atoms with E-state index in [0.717, 1.165) is 9.48 Å². The highest BCUT2D eigenvalue weighted by molar-refractivity contribution is 9.10. The molecular formula is C19H19BrClN3O3. The Morgan fingerprint density at radius 3 is 1.89 bits per heavy atom. The van der Waals surface area contributed by atoms with E-state index in [4.69, 9.17) is 11.6 Å². The van der Waals surface area contributed by atoms with Crippen LogP contribution in [-0.4, -0.2) is 28.4 Å². The molecule has 0 aromatic heterocycles. The first-order valence-electron chi connectivity index (χ1n) is 8.05. The van der Waals surface area contributed by atoms with E-state index in [1.165, 1.54) is 12.1 Å². The second kappa shape index (κ2) is 8.54. The topological polar surface area (TPSA) is 78.5 Å². The van der Waals surface area contributed by atoms with Gasteiger partial charge < -0.3 is 0 Å². The summed E-state index contributed by atoms with van der Waals surface area (Å²) in [6.45, 7) is 5.21. The summed E-state index contributed by atoms with van der Waals surface area (Å²) in [5.41, 5.74) is 2.44. The van der Waals surface area contributed by atoms with Gasteiger partial charge in [-0.2, -0.15) is 0 Å². The molecule has 0 bridgehead atoms. The van der Waals surface area contributed by atoms with Gasteiger partial charge in [0.05, 0.1) is 5.54 Å². The second-order valence-electron chi connectivity index (χ2n) is 6.72. The summed E-state index contributed by atoms with van der Waals surface area (Å²) in [7, 11) is 0. The van der Waals surface area contributed by atoms with Crippen molar-refractivity contribution in [2.24, 2.45) is 0 Å². The summed E-state index contributed by atoms with van der Waals surface area (Å²) in [5, 5.41) is 3.84. The quantitative estimate of drug-likeness (QED) is 0.663. The van der Waals surface area contributed by atoms with Crippen LogP contribution in [0.1, 0.15) is 41.5 Å². The fourth-order valence-electron chi connectivity index (χ4n) is 2.12. The Labute approximate surface area is 171 Å². The van der Waals surface area contributed by atoms with Crippen molar-refractivity contribution in [1.82, 2.24) is 15.8 Å². The smallest absolute Gasteiger partial charge is 0.272 e. The van der Waals surface area contributed by atoms with E-state index in [-0.39, 0.29) is 5.56 Å². The van der Waals surface area contributed by atoms with Crippen LogP contribution in [0, 0.1) is 0 Å². The molecule has 2 rings (SSSR count). The zero-order valence-corrected chi connectivity index (χ0v) is 17.4. The summed E-state index contributed by atoms with van der Waals surface area (Å²) in [4.78, 5) is 37.3. The van der Waals surface area contributed by atoms with E-state index in [2.05, 4.69) is 26.7 Å². The van der Waals surface area contributed by atoms with E-state index in [9.17, 15) is 14.4 Å². The normalized spacial score (nSPS) is 10.9. The van der Waals surface area contributed by atoms with Crippen LogP contribution in [0.25, 0.3) is 0 Å². The maximum absolute atomic E-state index is 12.6. The third-order valence-corrected chi connectivity index (χ3v) is 4.30. The van der Waals surface area contributed by atoms with E-state index >= 15 is 0 Å². The Morgan fingerprint density at radius 1 is 0.889 bits per heavy atom. The predicted octanol–water partition coefficient (Wildman–Crippen LogP) is 4.40. The summed E-state index contributed by atoms with van der Waals surface area (Å²) in [6.07, 6.45) is 0. The van der Waals surface area contributed by atoms with E-state index in [1.54, 1.807) is 57.2 Å². The third-order valence-electron chi connectivity index (χ3n) is 3.52. The second-order valence-corrected chi connectivity index (χ2v) is 8.07. The minimum Gasteiger partial charge on any atom is -0.272 e. The van der Waals surface area contributed by atoms with Gasteiger partial charge in [0.15, 0.2) is 0 Å². The first kappa shape index (κ1) is 20.9. The molecular weight excluding hydrogens is 434 g/mol. The van der Waals surface area contributed by atoms with Gasteiger partial charge in [0.1, 0.15) is 0 Å². The van der Waals surface area contributed by atoms with Gasteiger partial charge in [0.2, 0.25) is 0 Å². The highest BCUT2D eigenvalue weighted by atomic mass is 79.9. The van der Waals surface area contributed by atoms with Gasteiger partial charge in [-0.15, -0.1) is 0 Å². The third kappa shape index (κ3) is 5.80. The van der Waals surface area contributed by atoms with Gasteiger partial charge in [-0.3, -0.25) is 20.3 Å². The number of hydrazine groups is 1. The fraction of sp³-hybridized carbons (Fsp3) is 0.211. The average molecular weight is 453 g/mol. The number of hydrogen-bond acceptors (Lipinski definition) is 3. The number of urea groups is 1. The number of benzene rings is 2. The Kier molecular flexibility index (Phi) is 6.62. The Balaban J connectivity index is 2.14. The molecule has 0 heterocycles. The maximum Gasteiger partial charge on any atom is 0.343 e. The first-order valence-corrected chi connectivity index (χ1v) is 9.22. The van der Waals surface area contributed by atoms with E-state index < -0.39 is 23.4 Å². The van der Waals surface area contributed by atoms with Crippen molar-refractivity contribution in [2.45, 2.75) is 26.3 Å². The van der Waals surface area contributed by atoms with Crippen molar-refractivity contribution in [1.29, 1.82) is 0 Å². The van der Waals surface area contributed by atoms with Crippen LogP contribution in [0.15, 0.2) is 53.0 Å². The highest BCUT2D eigenvalue weighted by Crippen LogP contribution is 2.14. The summed E-state index contributed by atoms with van der Waals surface area (Å²) in [6, 6.07) is 12.1. The van der Waals surface area contributed by atoms with Crippen LogP contribution < -0.4 is 10.7 Å². The van der Waals surface area contributed by atoms with Crippen LogP contribution in [0.5, 0.6) is 0 Å². The van der Waals surface area contributed by atoms with Crippen molar-refractivity contribution in [2.75, 3.05) is 0 Å². The Hall–Kier alpha value is -2.38. The highest BCUT2D eigenvalue weighted by Gasteiger charge is 2.30. The molecule has 6 nitrogen and oxygen atoms in total. The molecule has 0 fully saturated rings. The number of carbonyl (C=O) groups is 3. The lowest BCUT2D eigenvalue weighted by Gasteiger charge is -2.35. The zero-order chi connectivity index (χ0) is 20.2. The fourth-order valence-corrected chi connectivity index (χ4v) is 2.51. The van der Waals surface area contributed by atoms with Crippen LogP contribution in [0.2, 0.25) is 5.02 Å². The minimum absolute atomic E-state index is 0.279. The van der Waals surface area contributed by atoms with Gasteiger partial charge in [0.25, 0.3) is 11.8 Å². The van der Waals surface area contributed by atoms with Crippen LogP contribution >= 0.6 is 27.5 Å². The number of carbonyl (C=O) groups excluding carboxylic acids is 3. The number of halogens is 2. The molecule has 0 aliphatic rings. The molecule has 0 saturated carbocycles. The van der Waals surface area contributed by atoms with Crippen molar-refractivity contribution < 1.29 is 14.4 Å². The van der Waals surface area contributed by atoms with Gasteiger partial charge >= 0.3 is 6.03 Å². The van der Waals surface area contributed by atoms with Crippen LogP contribution in [0.4, 0.5) is 4.79 Å². The molecule has 0 aliphatic heterocycles. The minimum atomic E-state index is -0.768. The van der Waals surface area contributed by atoms with Crippen LogP contribution in [0.3, 0.4) is 0 Å². The van der Waals surface area contributed by atoms with Gasteiger partial charge in [-0.05, 0) is 69.3 Å². The maximum atomic E-state index is 12.6. The predicted molar refractivity (Wildman–Crippen MR) is 108 cm³/mol. The van der Waals surface area contributed by atoms with Gasteiger partial charge in [0, 0.05) is 20.6 Å². The Bertz CT molecular complexity index is 846. The molecule has 4 amide bonds. The molecule has 0 radical (unpaired) electrons. The number of nitrogens with zero attached hydrogens (tertiary/aromatic N) is 1. The van der Waals surface area contributed by atoms with Crippen LogP contribution in [-0.2, 0) is 0 Å². The molecule has 0 spiro atoms. The van der Waals surface area contributed by atoms with Crippen molar-refractivity contribution in [3.8, 4) is 0 Å². The molecule has 0 aliphatic carbocycles. The lowest BCUT2D eigenvalue weighted by Crippen LogP contribution is -2.59. The molecule has 2 N–H and O–H groups in total. The monoisotopic (exact) mass is 451 g/mol. The molecule has 0 atom stereocenters. The lowest BCUT2D eigenvalue weighted by molar-refractivity contribution is 0.0640. The largest absolute Gasteiger partial charge is 0.343 e. The number of amides is 4. The molecule has 8 heteroatoms. The first-order chi connectivity index (χ1) is 12.6. The number of rotatable bonds is 2. The number of hydrogen-bond donors (Lipinski definition) is 2. The standard InChI is InChI=1S/C19H19BrClN3O3/c1-19(2,3)24(23-17(26)13-4-8-14(20)9-5-13)18(27)22-16(25)12-6-10-15(21)11-7-12/h4-11H,1-3H3,(H,23,26)(H,22,25,27).